The van der Waals surface area contributed by atoms with Crippen LogP contribution in [-0.4, -0.2) is 42.3 Å². The number of carbonyl (C=O) groups is 1. The fourth-order valence-corrected chi connectivity index (χ4v) is 3.68. The van der Waals surface area contributed by atoms with Crippen molar-refractivity contribution in [3.8, 4) is 0 Å². The lowest BCUT2D eigenvalue weighted by Crippen LogP contribution is -2.45. The Kier molecular flexibility index (Phi) is 5.63. The van der Waals surface area contributed by atoms with Gasteiger partial charge in [-0.05, 0) is 24.1 Å². The van der Waals surface area contributed by atoms with Crippen molar-refractivity contribution in [2.75, 3.05) is 6.54 Å². The lowest BCUT2D eigenvalue weighted by Gasteiger charge is -2.34. The van der Waals surface area contributed by atoms with Crippen molar-refractivity contribution in [2.45, 2.75) is 25.3 Å². The van der Waals surface area contributed by atoms with E-state index in [1.165, 1.54) is 11.0 Å². The molecule has 0 radical (unpaired) electrons. The van der Waals surface area contributed by atoms with E-state index >= 15 is 0 Å². The van der Waals surface area contributed by atoms with Crippen molar-refractivity contribution in [2.24, 2.45) is 0 Å². The second-order valence-corrected chi connectivity index (χ2v) is 7.10. The Balaban J connectivity index is 2.17. The van der Waals surface area contributed by atoms with E-state index in [2.05, 4.69) is 4.72 Å². The molecule has 0 fully saturated rings. The summed E-state index contributed by atoms with van der Waals surface area (Å²) >= 11 is 0. The van der Waals surface area contributed by atoms with Gasteiger partial charge in [0, 0.05) is 5.70 Å². The van der Waals surface area contributed by atoms with E-state index in [9.17, 15) is 18.3 Å². The van der Waals surface area contributed by atoms with E-state index in [1.807, 2.05) is 6.92 Å². The lowest BCUT2D eigenvalue weighted by atomic mass is 10.1. The molecule has 1 atom stereocenters. The van der Waals surface area contributed by atoms with Crippen LogP contribution < -0.4 is 4.72 Å². The SMILES string of the molecule is CCC1=CC=C(NS(=O)(=O)Cc2ccccc2)C(O)N1CC(=O)O. The number of aliphatic carboxylic acids is 1. The van der Waals surface area contributed by atoms with Crippen molar-refractivity contribution in [1.82, 2.24) is 9.62 Å². The Morgan fingerprint density at radius 1 is 1.25 bits per heavy atom. The van der Waals surface area contributed by atoms with Crippen LogP contribution in [0.15, 0.2) is 53.9 Å². The molecular formula is C16H20N2O5S. The zero-order valence-electron chi connectivity index (χ0n) is 13.2. The van der Waals surface area contributed by atoms with Crippen molar-refractivity contribution in [3.05, 3.63) is 59.4 Å². The normalized spacial score (nSPS) is 17.9. The van der Waals surface area contributed by atoms with E-state index in [-0.39, 0.29) is 11.4 Å². The first-order chi connectivity index (χ1) is 11.3. The van der Waals surface area contributed by atoms with Gasteiger partial charge in [0.2, 0.25) is 10.0 Å². The fraction of sp³-hybridized carbons (Fsp3) is 0.312. The molecule has 1 aromatic carbocycles. The zero-order chi connectivity index (χ0) is 17.7. The number of hydrogen-bond donors (Lipinski definition) is 3. The minimum atomic E-state index is -3.72. The maximum absolute atomic E-state index is 12.3. The molecule has 7 nitrogen and oxygen atoms in total. The van der Waals surface area contributed by atoms with Gasteiger partial charge in [-0.1, -0.05) is 37.3 Å². The molecule has 1 heterocycles. The van der Waals surface area contributed by atoms with Crippen LogP contribution in [0.3, 0.4) is 0 Å². The number of aliphatic hydroxyl groups is 1. The lowest BCUT2D eigenvalue weighted by molar-refractivity contribution is -0.139. The quantitative estimate of drug-likeness (QED) is 0.676. The van der Waals surface area contributed by atoms with Gasteiger partial charge in [0.25, 0.3) is 0 Å². The van der Waals surface area contributed by atoms with Crippen molar-refractivity contribution >= 4 is 16.0 Å². The maximum atomic E-state index is 12.3. The molecule has 3 N–H and O–H groups in total. The molecule has 0 bridgehead atoms. The Morgan fingerprint density at radius 3 is 2.50 bits per heavy atom. The number of nitrogens with zero attached hydrogens (tertiary/aromatic N) is 1. The third-order valence-corrected chi connectivity index (χ3v) is 4.80. The van der Waals surface area contributed by atoms with Crippen LogP contribution in [0.5, 0.6) is 0 Å². The Bertz CT molecular complexity index is 756. The van der Waals surface area contributed by atoms with Gasteiger partial charge in [0.05, 0.1) is 11.4 Å². The zero-order valence-corrected chi connectivity index (χ0v) is 14.0. The van der Waals surface area contributed by atoms with Crippen molar-refractivity contribution in [1.29, 1.82) is 0 Å². The van der Waals surface area contributed by atoms with Crippen LogP contribution in [0.25, 0.3) is 0 Å². The summed E-state index contributed by atoms with van der Waals surface area (Å²) in [6.07, 6.45) is 2.23. The smallest absolute Gasteiger partial charge is 0.323 e. The van der Waals surface area contributed by atoms with Gasteiger partial charge in [0.15, 0.2) is 6.23 Å². The van der Waals surface area contributed by atoms with Crippen LogP contribution in [0.1, 0.15) is 18.9 Å². The largest absolute Gasteiger partial charge is 0.480 e. The van der Waals surface area contributed by atoms with Gasteiger partial charge in [-0.25, -0.2) is 8.42 Å². The molecule has 2 rings (SSSR count). The van der Waals surface area contributed by atoms with Gasteiger partial charge < -0.3 is 15.1 Å². The summed E-state index contributed by atoms with van der Waals surface area (Å²) in [6.45, 7) is 1.41. The van der Waals surface area contributed by atoms with E-state index in [0.717, 1.165) is 0 Å². The van der Waals surface area contributed by atoms with Crippen LogP contribution in [0, 0.1) is 0 Å². The highest BCUT2D eigenvalue weighted by Gasteiger charge is 2.28. The summed E-state index contributed by atoms with van der Waals surface area (Å²) in [5.41, 5.74) is 1.27. The summed E-state index contributed by atoms with van der Waals surface area (Å²) in [6, 6.07) is 8.65. The Morgan fingerprint density at radius 2 is 1.92 bits per heavy atom. The highest BCUT2D eigenvalue weighted by molar-refractivity contribution is 7.88. The molecular weight excluding hydrogens is 332 g/mol. The average molecular weight is 352 g/mol. The number of carboxylic acids is 1. The summed E-state index contributed by atoms with van der Waals surface area (Å²) < 4.78 is 26.9. The molecule has 130 valence electrons. The molecule has 0 aliphatic carbocycles. The number of nitrogens with one attached hydrogen (secondary N) is 1. The van der Waals surface area contributed by atoms with Crippen molar-refractivity contribution < 1.29 is 23.4 Å². The average Bonchev–Trinajstić information content (AvgIpc) is 2.51. The molecule has 0 saturated heterocycles. The summed E-state index contributed by atoms with van der Waals surface area (Å²) in [7, 11) is -3.72. The number of carboxylic acid groups (broad SMARTS) is 1. The van der Waals surface area contributed by atoms with E-state index in [4.69, 9.17) is 5.11 Å². The second kappa shape index (κ2) is 7.50. The highest BCUT2D eigenvalue weighted by atomic mass is 32.2. The summed E-state index contributed by atoms with van der Waals surface area (Å²) in [5.74, 6) is -1.34. The predicted molar refractivity (Wildman–Crippen MR) is 89.0 cm³/mol. The summed E-state index contributed by atoms with van der Waals surface area (Å²) in [5, 5.41) is 19.3. The number of benzene rings is 1. The fourth-order valence-electron chi connectivity index (χ4n) is 2.44. The molecule has 1 unspecified atom stereocenters. The molecule has 24 heavy (non-hydrogen) atoms. The first-order valence-electron chi connectivity index (χ1n) is 7.44. The third kappa shape index (κ3) is 4.59. The molecule has 1 aliphatic heterocycles. The van der Waals surface area contributed by atoms with E-state index in [0.29, 0.717) is 17.7 Å². The molecule has 1 aliphatic rings. The standard InChI is InChI=1S/C16H20N2O5S/c1-2-13-8-9-14(16(21)18(13)10-15(19)20)17-24(22,23)11-12-6-4-3-5-7-12/h3-9,16-17,21H,2,10-11H2,1H3,(H,19,20). The van der Waals surface area contributed by atoms with Crippen LogP contribution in [0.2, 0.25) is 0 Å². The van der Waals surface area contributed by atoms with E-state index < -0.39 is 28.8 Å². The van der Waals surface area contributed by atoms with E-state index in [1.54, 1.807) is 36.4 Å². The Hall–Kier alpha value is -2.32. The predicted octanol–water partition coefficient (Wildman–Crippen LogP) is 1.00. The van der Waals surface area contributed by atoms with Gasteiger partial charge in [-0.15, -0.1) is 0 Å². The minimum absolute atomic E-state index is 0.0318. The highest BCUT2D eigenvalue weighted by Crippen LogP contribution is 2.22. The van der Waals surface area contributed by atoms with Gasteiger partial charge in [-0.2, -0.15) is 0 Å². The topological polar surface area (TPSA) is 107 Å². The Labute approximate surface area is 141 Å². The molecule has 0 spiro atoms. The number of allylic oxidation sites excluding steroid dienone is 3. The first-order valence-corrected chi connectivity index (χ1v) is 9.09. The minimum Gasteiger partial charge on any atom is -0.480 e. The monoisotopic (exact) mass is 352 g/mol. The third-order valence-electron chi connectivity index (χ3n) is 3.54. The summed E-state index contributed by atoms with van der Waals surface area (Å²) in [4.78, 5) is 12.2. The number of sulfonamides is 1. The molecule has 1 aromatic rings. The molecule has 0 saturated carbocycles. The van der Waals surface area contributed by atoms with Crippen LogP contribution in [-0.2, 0) is 20.6 Å². The van der Waals surface area contributed by atoms with Crippen molar-refractivity contribution in [3.63, 3.8) is 0 Å². The molecule has 0 amide bonds. The van der Waals surface area contributed by atoms with Gasteiger partial charge in [0.1, 0.15) is 6.54 Å². The first kappa shape index (κ1) is 18.0. The molecule has 8 heteroatoms. The van der Waals surface area contributed by atoms with Gasteiger partial charge in [-0.3, -0.25) is 9.52 Å². The maximum Gasteiger partial charge on any atom is 0.323 e. The van der Waals surface area contributed by atoms with Gasteiger partial charge >= 0.3 is 5.97 Å². The van der Waals surface area contributed by atoms with Crippen LogP contribution in [0.4, 0.5) is 0 Å². The number of aliphatic hydroxyl groups excluding tert-OH is 1. The van der Waals surface area contributed by atoms with Crippen LogP contribution >= 0.6 is 0 Å². The second-order valence-electron chi connectivity index (χ2n) is 5.38. The number of rotatable bonds is 7. The molecule has 0 aromatic heterocycles. The number of hydrogen-bond acceptors (Lipinski definition) is 5.